The molecule has 0 amide bonds. The third-order valence-electron chi connectivity index (χ3n) is 5.03. The second-order valence-corrected chi connectivity index (χ2v) is 7.29. The van der Waals surface area contributed by atoms with E-state index >= 15 is 0 Å². The van der Waals surface area contributed by atoms with E-state index in [-0.39, 0.29) is 0 Å². The van der Waals surface area contributed by atoms with Crippen molar-refractivity contribution in [2.24, 2.45) is 16.7 Å². The van der Waals surface area contributed by atoms with Crippen LogP contribution in [-0.4, -0.2) is 17.6 Å². The number of hydrogen-bond donors (Lipinski definition) is 2. The maximum atomic E-state index is 11.2. The van der Waals surface area contributed by atoms with E-state index in [1.54, 1.807) is 6.07 Å². The number of carbonyl (C=O) groups is 1. The van der Waals surface area contributed by atoms with Crippen LogP contribution in [0.1, 0.15) is 38.1 Å². The maximum Gasteiger partial charge on any atom is 0.337 e. The number of carboxylic acid groups (broad SMARTS) is 1. The molecule has 2 N–H and O–H groups in total. The van der Waals surface area contributed by atoms with Crippen LogP contribution in [0.4, 0.5) is 5.69 Å². The minimum absolute atomic E-state index is 0.304. The Morgan fingerprint density at radius 3 is 2.37 bits per heavy atom. The van der Waals surface area contributed by atoms with Gasteiger partial charge in [-0.1, -0.05) is 43.6 Å². The Morgan fingerprint density at radius 1 is 1.32 bits per heavy atom. The molecule has 0 spiro atoms. The first-order valence-electron chi connectivity index (χ1n) is 6.44. The monoisotopic (exact) mass is 325 g/mol. The number of nitrogens with one attached hydrogen (secondary N) is 1. The second-order valence-electron chi connectivity index (χ2n) is 6.37. The fourth-order valence-electron chi connectivity index (χ4n) is 2.90. The number of benzene rings is 1. The number of anilines is 1. The quantitative estimate of drug-likeness (QED) is 0.870. The molecule has 0 heterocycles. The van der Waals surface area contributed by atoms with E-state index in [1.807, 2.05) is 12.1 Å². The van der Waals surface area contributed by atoms with Crippen molar-refractivity contribution in [3.05, 3.63) is 28.2 Å². The number of rotatable bonds is 4. The van der Waals surface area contributed by atoms with Gasteiger partial charge in [0.05, 0.1) is 5.56 Å². The van der Waals surface area contributed by atoms with E-state index in [9.17, 15) is 9.90 Å². The summed E-state index contributed by atoms with van der Waals surface area (Å²) >= 11 is 3.30. The van der Waals surface area contributed by atoms with Gasteiger partial charge in [0, 0.05) is 16.7 Å². The van der Waals surface area contributed by atoms with Crippen LogP contribution in [0.15, 0.2) is 22.7 Å². The summed E-state index contributed by atoms with van der Waals surface area (Å²) in [5, 5.41) is 12.5. The van der Waals surface area contributed by atoms with Crippen molar-refractivity contribution >= 4 is 27.6 Å². The molecule has 0 radical (unpaired) electrons. The molecule has 1 fully saturated rings. The highest BCUT2D eigenvalue weighted by Gasteiger charge is 2.64. The van der Waals surface area contributed by atoms with Gasteiger partial charge >= 0.3 is 5.97 Å². The van der Waals surface area contributed by atoms with Gasteiger partial charge in [-0.05, 0) is 34.9 Å². The minimum atomic E-state index is -0.905. The molecule has 0 bridgehead atoms. The van der Waals surface area contributed by atoms with Crippen LogP contribution in [-0.2, 0) is 0 Å². The molecule has 1 aromatic carbocycles. The molecule has 0 aromatic heterocycles. The lowest BCUT2D eigenvalue weighted by atomic mass is 10.0. The normalized spacial score (nSPS) is 20.1. The third-order valence-corrected chi connectivity index (χ3v) is 5.52. The van der Waals surface area contributed by atoms with Crippen molar-refractivity contribution in [3.63, 3.8) is 0 Å². The average molecular weight is 326 g/mol. The predicted octanol–water partition coefficient (Wildman–Crippen LogP) is 4.24. The molecule has 0 saturated heterocycles. The first kappa shape index (κ1) is 14.4. The lowest BCUT2D eigenvalue weighted by Gasteiger charge is -2.11. The van der Waals surface area contributed by atoms with Crippen molar-refractivity contribution in [3.8, 4) is 0 Å². The Morgan fingerprint density at radius 2 is 1.89 bits per heavy atom. The van der Waals surface area contributed by atoms with Gasteiger partial charge in [-0.2, -0.15) is 0 Å². The Labute approximate surface area is 122 Å². The Bertz CT molecular complexity index is 509. The lowest BCUT2D eigenvalue weighted by Crippen LogP contribution is -2.11. The zero-order chi connectivity index (χ0) is 14.4. The molecule has 0 atom stereocenters. The molecule has 104 valence electrons. The van der Waals surface area contributed by atoms with E-state index in [4.69, 9.17) is 0 Å². The molecule has 1 aliphatic rings. The highest BCUT2D eigenvalue weighted by atomic mass is 79.9. The topological polar surface area (TPSA) is 49.3 Å². The minimum Gasteiger partial charge on any atom is -0.478 e. The van der Waals surface area contributed by atoms with Crippen LogP contribution in [0.25, 0.3) is 0 Å². The summed E-state index contributed by atoms with van der Waals surface area (Å²) in [6, 6.07) is 5.31. The van der Waals surface area contributed by atoms with Gasteiger partial charge < -0.3 is 10.4 Å². The molecule has 3 nitrogen and oxygen atoms in total. The zero-order valence-corrected chi connectivity index (χ0v) is 13.3. The second kappa shape index (κ2) is 4.51. The number of carboxylic acids is 1. The van der Waals surface area contributed by atoms with Gasteiger partial charge in [-0.15, -0.1) is 0 Å². The third kappa shape index (κ3) is 2.38. The molecule has 2 rings (SSSR count). The summed E-state index contributed by atoms with van der Waals surface area (Å²) < 4.78 is 0.780. The molecule has 0 aliphatic heterocycles. The van der Waals surface area contributed by atoms with Crippen molar-refractivity contribution in [2.45, 2.75) is 27.7 Å². The van der Waals surface area contributed by atoms with Gasteiger partial charge in [0.25, 0.3) is 0 Å². The average Bonchev–Trinajstić information content (AvgIpc) is 2.68. The van der Waals surface area contributed by atoms with E-state index in [0.717, 1.165) is 11.0 Å². The van der Waals surface area contributed by atoms with Crippen LogP contribution in [0.3, 0.4) is 0 Å². The standard InChI is InChI=1S/C15H20BrNO2/c1-14(2)12(15(14,3)4)8-17-11-6-5-9(16)7-10(11)13(18)19/h5-7,12,17H,8H2,1-4H3,(H,18,19). The first-order valence-corrected chi connectivity index (χ1v) is 7.24. The number of halogens is 1. The van der Waals surface area contributed by atoms with Crippen molar-refractivity contribution in [1.82, 2.24) is 0 Å². The van der Waals surface area contributed by atoms with Crippen molar-refractivity contribution < 1.29 is 9.90 Å². The molecule has 1 aliphatic carbocycles. The van der Waals surface area contributed by atoms with Crippen LogP contribution in [0, 0.1) is 16.7 Å². The van der Waals surface area contributed by atoms with E-state index < -0.39 is 5.97 Å². The van der Waals surface area contributed by atoms with E-state index in [2.05, 4.69) is 48.9 Å². The summed E-state index contributed by atoms with van der Waals surface area (Å²) in [6.45, 7) is 9.86. The molecule has 19 heavy (non-hydrogen) atoms. The molecule has 0 unspecified atom stereocenters. The maximum absolute atomic E-state index is 11.2. The Balaban J connectivity index is 2.11. The molecular formula is C15H20BrNO2. The molecule has 1 aromatic rings. The van der Waals surface area contributed by atoms with Gasteiger partial charge in [0.15, 0.2) is 0 Å². The Kier molecular flexibility index (Phi) is 3.42. The fraction of sp³-hybridized carbons (Fsp3) is 0.533. The van der Waals surface area contributed by atoms with Crippen LogP contribution < -0.4 is 5.32 Å². The van der Waals surface area contributed by atoms with Gasteiger partial charge in [-0.25, -0.2) is 4.79 Å². The summed E-state index contributed by atoms with van der Waals surface area (Å²) in [5.41, 5.74) is 1.61. The van der Waals surface area contributed by atoms with Gasteiger partial charge in [0.2, 0.25) is 0 Å². The van der Waals surface area contributed by atoms with Crippen molar-refractivity contribution in [1.29, 1.82) is 0 Å². The van der Waals surface area contributed by atoms with Crippen LogP contribution in [0.2, 0.25) is 0 Å². The van der Waals surface area contributed by atoms with E-state index in [0.29, 0.717) is 28.0 Å². The highest BCUT2D eigenvalue weighted by molar-refractivity contribution is 9.10. The largest absolute Gasteiger partial charge is 0.478 e. The van der Waals surface area contributed by atoms with Crippen molar-refractivity contribution in [2.75, 3.05) is 11.9 Å². The smallest absolute Gasteiger partial charge is 0.337 e. The molecule has 1 saturated carbocycles. The van der Waals surface area contributed by atoms with Crippen LogP contribution >= 0.6 is 15.9 Å². The zero-order valence-electron chi connectivity index (χ0n) is 11.7. The number of aromatic carboxylic acids is 1. The first-order chi connectivity index (χ1) is 8.68. The fourth-order valence-corrected chi connectivity index (χ4v) is 3.26. The molecule has 4 heteroatoms. The SMILES string of the molecule is CC1(C)C(CNc2ccc(Br)cc2C(=O)O)C1(C)C. The lowest BCUT2D eigenvalue weighted by molar-refractivity contribution is 0.0698. The predicted molar refractivity (Wildman–Crippen MR) is 80.6 cm³/mol. The van der Waals surface area contributed by atoms with Gasteiger partial charge in [-0.3, -0.25) is 0 Å². The molecular weight excluding hydrogens is 306 g/mol. The number of hydrogen-bond acceptors (Lipinski definition) is 2. The van der Waals surface area contributed by atoms with E-state index in [1.165, 1.54) is 0 Å². The summed E-state index contributed by atoms with van der Waals surface area (Å²) in [6.07, 6.45) is 0. The Hall–Kier alpha value is -1.03. The summed E-state index contributed by atoms with van der Waals surface area (Å²) in [5.74, 6) is -0.344. The summed E-state index contributed by atoms with van der Waals surface area (Å²) in [7, 11) is 0. The van der Waals surface area contributed by atoms with Gasteiger partial charge in [0.1, 0.15) is 0 Å². The highest BCUT2D eigenvalue weighted by Crippen LogP contribution is 2.68. The van der Waals surface area contributed by atoms with Crippen LogP contribution in [0.5, 0.6) is 0 Å². The summed E-state index contributed by atoms with van der Waals surface area (Å²) in [4.78, 5) is 11.2.